The Morgan fingerprint density at radius 3 is 2.10 bits per heavy atom. The smallest absolute Gasteiger partial charge is 0.268 e. The molecule has 1 aromatic heterocycles. The summed E-state index contributed by atoms with van der Waals surface area (Å²) < 4.78 is 0. The van der Waals surface area contributed by atoms with Gasteiger partial charge in [0.25, 0.3) is 5.56 Å². The molecule has 1 heterocycles. The maximum absolute atomic E-state index is 11.7. The molecule has 0 bridgehead atoms. The van der Waals surface area contributed by atoms with E-state index in [2.05, 4.69) is 4.98 Å². The molecular weight excluding hydrogens is 260 g/mol. The fourth-order valence-corrected chi connectivity index (χ4v) is 1.87. The minimum Gasteiger partial charge on any atom is -0.508 e. The van der Waals surface area contributed by atoms with E-state index in [0.29, 0.717) is 0 Å². The summed E-state index contributed by atoms with van der Waals surface area (Å²) in [5, 5.41) is 37.1. The summed E-state index contributed by atoms with van der Waals surface area (Å²) in [5.41, 5.74) is 4.51. The minimum atomic E-state index is -0.748. The number of nitrogen functional groups attached to an aromatic ring is 1. The average Bonchev–Trinajstić information content (AvgIpc) is 2.36. The summed E-state index contributed by atoms with van der Waals surface area (Å²) in [4.78, 5) is 13.9. The fraction of sp³-hybridized carbons (Fsp3) is 0. The van der Waals surface area contributed by atoms with Crippen LogP contribution in [0.5, 0.6) is 11.5 Å². The summed E-state index contributed by atoms with van der Waals surface area (Å²) in [6.45, 7) is 0. The summed E-state index contributed by atoms with van der Waals surface area (Å²) in [5.74, 6) is -0.729. The Hall–Kier alpha value is -3.45. The van der Waals surface area contributed by atoms with Crippen LogP contribution in [0.25, 0.3) is 11.1 Å². The Labute approximate surface area is 112 Å². The van der Waals surface area contributed by atoms with Gasteiger partial charge in [0, 0.05) is 11.6 Å². The average molecular weight is 268 g/mol. The molecule has 0 atom stereocenters. The number of nitrogens with zero attached hydrogens (tertiary/aromatic N) is 2. The molecule has 0 spiro atoms. The van der Waals surface area contributed by atoms with Crippen LogP contribution in [0.1, 0.15) is 11.1 Å². The number of rotatable bonds is 1. The van der Waals surface area contributed by atoms with Gasteiger partial charge < -0.3 is 20.9 Å². The van der Waals surface area contributed by atoms with Crippen molar-refractivity contribution in [3.63, 3.8) is 0 Å². The quantitative estimate of drug-likeness (QED) is 0.600. The van der Waals surface area contributed by atoms with E-state index in [4.69, 9.17) is 16.3 Å². The van der Waals surface area contributed by atoms with Gasteiger partial charge in [0.2, 0.25) is 0 Å². The van der Waals surface area contributed by atoms with Crippen LogP contribution in [-0.2, 0) is 0 Å². The van der Waals surface area contributed by atoms with Crippen molar-refractivity contribution in [1.82, 2.24) is 4.98 Å². The van der Waals surface area contributed by atoms with E-state index in [1.165, 1.54) is 12.1 Å². The molecule has 20 heavy (non-hydrogen) atoms. The molecule has 1 aromatic carbocycles. The summed E-state index contributed by atoms with van der Waals surface area (Å²) in [6.07, 6.45) is 0. The van der Waals surface area contributed by atoms with Crippen molar-refractivity contribution in [1.29, 1.82) is 10.5 Å². The van der Waals surface area contributed by atoms with Gasteiger partial charge in [-0.1, -0.05) is 0 Å². The van der Waals surface area contributed by atoms with Gasteiger partial charge in [-0.15, -0.1) is 0 Å². The molecule has 0 aliphatic rings. The first-order valence-corrected chi connectivity index (χ1v) is 5.37. The van der Waals surface area contributed by atoms with Crippen molar-refractivity contribution in [2.24, 2.45) is 0 Å². The number of benzene rings is 1. The van der Waals surface area contributed by atoms with Gasteiger partial charge in [-0.25, -0.2) is 0 Å². The molecule has 98 valence electrons. The first-order chi connectivity index (χ1) is 9.47. The maximum atomic E-state index is 11.7. The number of aromatic nitrogens is 1. The van der Waals surface area contributed by atoms with E-state index < -0.39 is 5.56 Å². The zero-order valence-electron chi connectivity index (χ0n) is 10.0. The Morgan fingerprint density at radius 2 is 1.60 bits per heavy atom. The van der Waals surface area contributed by atoms with Gasteiger partial charge in [-0.2, -0.15) is 10.5 Å². The highest BCUT2D eigenvalue weighted by atomic mass is 16.3. The Kier molecular flexibility index (Phi) is 3.03. The zero-order chi connectivity index (χ0) is 14.9. The number of nitrogens with two attached hydrogens (primary N) is 1. The number of hydrogen-bond donors (Lipinski definition) is 4. The second kappa shape index (κ2) is 4.67. The van der Waals surface area contributed by atoms with Gasteiger partial charge in [0.15, 0.2) is 0 Å². The number of H-pyrrole nitrogens is 1. The minimum absolute atomic E-state index is 0.0255. The van der Waals surface area contributed by atoms with Crippen LogP contribution in [0.4, 0.5) is 5.82 Å². The van der Waals surface area contributed by atoms with Crippen LogP contribution in [0.2, 0.25) is 0 Å². The molecule has 2 rings (SSSR count). The Morgan fingerprint density at radius 1 is 1.05 bits per heavy atom. The number of hydrogen-bond acceptors (Lipinski definition) is 6. The van der Waals surface area contributed by atoms with Gasteiger partial charge in [0.05, 0.1) is 0 Å². The predicted molar refractivity (Wildman–Crippen MR) is 69.7 cm³/mol. The second-order valence-electron chi connectivity index (χ2n) is 3.95. The number of anilines is 1. The van der Waals surface area contributed by atoms with E-state index >= 15 is 0 Å². The van der Waals surface area contributed by atoms with Crippen LogP contribution in [0, 0.1) is 22.7 Å². The van der Waals surface area contributed by atoms with E-state index in [1.807, 2.05) is 0 Å². The zero-order valence-corrected chi connectivity index (χ0v) is 10.0. The Bertz CT molecular complexity index is 820. The predicted octanol–water partition coefficient (Wildman–Crippen LogP) is 0.779. The van der Waals surface area contributed by atoms with Gasteiger partial charge >= 0.3 is 0 Å². The SMILES string of the molecule is N#Cc1c(N)[nH]c(=O)c(C#N)c1-c1cc(O)cc(O)c1. The molecule has 2 aromatic rings. The van der Waals surface area contributed by atoms with Crippen LogP contribution < -0.4 is 11.3 Å². The number of pyridine rings is 1. The highest BCUT2D eigenvalue weighted by molar-refractivity contribution is 5.81. The normalized spacial score (nSPS) is 9.70. The standard InChI is InChI=1S/C13H8N4O3/c14-4-9-11(6-1-7(18)3-8(19)2-6)10(5-15)13(20)17-12(9)16/h1-3,18-19H,(H3,16,17,20). The van der Waals surface area contributed by atoms with Crippen LogP contribution in [-0.4, -0.2) is 15.2 Å². The Balaban J connectivity index is 2.96. The van der Waals surface area contributed by atoms with Crippen molar-refractivity contribution in [3.05, 3.63) is 39.7 Å². The lowest BCUT2D eigenvalue weighted by molar-refractivity contribution is 0.451. The topological polar surface area (TPSA) is 147 Å². The molecule has 0 amide bonds. The lowest BCUT2D eigenvalue weighted by Crippen LogP contribution is -2.16. The van der Waals surface area contributed by atoms with E-state index in [9.17, 15) is 15.0 Å². The summed E-state index contributed by atoms with van der Waals surface area (Å²) in [6, 6.07) is 7.00. The molecule has 5 N–H and O–H groups in total. The molecule has 0 fully saturated rings. The lowest BCUT2D eigenvalue weighted by atomic mass is 9.96. The number of phenols is 2. The van der Waals surface area contributed by atoms with Crippen LogP contribution in [0.3, 0.4) is 0 Å². The monoisotopic (exact) mass is 268 g/mol. The largest absolute Gasteiger partial charge is 0.508 e. The first-order valence-electron chi connectivity index (χ1n) is 5.37. The summed E-state index contributed by atoms with van der Waals surface area (Å²) >= 11 is 0. The van der Waals surface area contributed by atoms with Gasteiger partial charge in [-0.3, -0.25) is 4.79 Å². The molecule has 0 saturated carbocycles. The van der Waals surface area contributed by atoms with Gasteiger partial charge in [-0.05, 0) is 17.7 Å². The van der Waals surface area contributed by atoms with Crippen molar-refractivity contribution >= 4 is 5.82 Å². The highest BCUT2D eigenvalue weighted by Crippen LogP contribution is 2.33. The number of aromatic hydroxyl groups is 2. The molecular formula is C13H8N4O3. The number of phenolic OH excluding ortho intramolecular Hbond substituents is 2. The maximum Gasteiger partial charge on any atom is 0.268 e. The fourth-order valence-electron chi connectivity index (χ4n) is 1.87. The molecule has 0 unspecified atom stereocenters. The molecule has 0 saturated heterocycles. The molecule has 0 radical (unpaired) electrons. The van der Waals surface area contributed by atoms with Crippen molar-refractivity contribution < 1.29 is 10.2 Å². The van der Waals surface area contributed by atoms with Crippen molar-refractivity contribution in [2.45, 2.75) is 0 Å². The number of nitriles is 2. The molecule has 7 heteroatoms. The van der Waals surface area contributed by atoms with E-state index in [1.54, 1.807) is 12.1 Å². The van der Waals surface area contributed by atoms with E-state index in [0.717, 1.165) is 6.07 Å². The lowest BCUT2D eigenvalue weighted by Gasteiger charge is -2.09. The molecule has 7 nitrogen and oxygen atoms in total. The van der Waals surface area contributed by atoms with Crippen LogP contribution >= 0.6 is 0 Å². The third-order valence-electron chi connectivity index (χ3n) is 2.66. The van der Waals surface area contributed by atoms with Gasteiger partial charge in [0.1, 0.15) is 40.6 Å². The highest BCUT2D eigenvalue weighted by Gasteiger charge is 2.18. The van der Waals surface area contributed by atoms with Crippen LogP contribution in [0.15, 0.2) is 23.0 Å². The summed E-state index contributed by atoms with van der Waals surface area (Å²) in [7, 11) is 0. The number of nitrogens with one attached hydrogen (secondary N) is 1. The first kappa shape index (κ1) is 13.0. The molecule has 0 aliphatic carbocycles. The second-order valence-corrected chi connectivity index (χ2v) is 3.95. The third-order valence-corrected chi connectivity index (χ3v) is 2.66. The number of aromatic amines is 1. The van der Waals surface area contributed by atoms with Crippen molar-refractivity contribution in [3.8, 4) is 34.8 Å². The third kappa shape index (κ3) is 2.00. The van der Waals surface area contributed by atoms with Crippen molar-refractivity contribution in [2.75, 3.05) is 5.73 Å². The molecule has 0 aliphatic heterocycles. The van der Waals surface area contributed by atoms with E-state index in [-0.39, 0.29) is 39.6 Å².